The van der Waals surface area contributed by atoms with Gasteiger partial charge in [0.2, 0.25) is 17.7 Å². The standard InChI is InChI=1S/C13H20N2O3S/c1-2-10-13(18)14-11(16)8-15(10)12(17)7-9-3-5-19-6-4-9/h9-10H,2-8H2,1H3,(H,14,16,18). The normalized spacial score (nSPS) is 25.3. The van der Waals surface area contributed by atoms with Gasteiger partial charge in [-0.3, -0.25) is 19.7 Å². The van der Waals surface area contributed by atoms with Crippen molar-refractivity contribution < 1.29 is 14.4 Å². The van der Waals surface area contributed by atoms with Crippen molar-refractivity contribution in [1.29, 1.82) is 0 Å². The average molecular weight is 284 g/mol. The number of carbonyl (C=O) groups excluding carboxylic acids is 3. The van der Waals surface area contributed by atoms with Crippen molar-refractivity contribution in [2.75, 3.05) is 18.1 Å². The van der Waals surface area contributed by atoms with E-state index in [1.54, 1.807) is 0 Å². The van der Waals surface area contributed by atoms with Crippen molar-refractivity contribution in [3.05, 3.63) is 0 Å². The summed E-state index contributed by atoms with van der Waals surface area (Å²) in [4.78, 5) is 36.9. The Bertz CT molecular complexity index is 380. The van der Waals surface area contributed by atoms with Crippen LogP contribution in [0.2, 0.25) is 0 Å². The Morgan fingerprint density at radius 3 is 2.68 bits per heavy atom. The van der Waals surface area contributed by atoms with Crippen LogP contribution in [0.3, 0.4) is 0 Å². The minimum absolute atomic E-state index is 0.0184. The summed E-state index contributed by atoms with van der Waals surface area (Å²) in [7, 11) is 0. The van der Waals surface area contributed by atoms with Crippen LogP contribution in [0.25, 0.3) is 0 Å². The van der Waals surface area contributed by atoms with Crippen molar-refractivity contribution in [2.45, 2.75) is 38.6 Å². The molecular weight excluding hydrogens is 264 g/mol. The number of imide groups is 1. The van der Waals surface area contributed by atoms with Crippen LogP contribution in [0, 0.1) is 5.92 Å². The first-order valence-corrected chi connectivity index (χ1v) is 7.98. The molecule has 2 aliphatic rings. The SMILES string of the molecule is CCC1C(=O)NC(=O)CN1C(=O)CC1CCSCC1. The lowest BCUT2D eigenvalue weighted by atomic mass is 9.97. The van der Waals surface area contributed by atoms with E-state index in [9.17, 15) is 14.4 Å². The second-order valence-electron chi connectivity index (χ2n) is 5.12. The molecule has 2 heterocycles. The van der Waals surface area contributed by atoms with Crippen LogP contribution in [-0.2, 0) is 14.4 Å². The van der Waals surface area contributed by atoms with Gasteiger partial charge < -0.3 is 4.90 Å². The third-order valence-electron chi connectivity index (χ3n) is 3.77. The van der Waals surface area contributed by atoms with Crippen molar-refractivity contribution in [2.24, 2.45) is 5.92 Å². The molecule has 1 N–H and O–H groups in total. The van der Waals surface area contributed by atoms with E-state index in [-0.39, 0.29) is 24.3 Å². The predicted molar refractivity (Wildman–Crippen MR) is 73.6 cm³/mol. The van der Waals surface area contributed by atoms with Crippen molar-refractivity contribution in [3.63, 3.8) is 0 Å². The molecule has 6 heteroatoms. The largest absolute Gasteiger partial charge is 0.321 e. The highest BCUT2D eigenvalue weighted by Crippen LogP contribution is 2.26. The van der Waals surface area contributed by atoms with E-state index >= 15 is 0 Å². The van der Waals surface area contributed by atoms with Crippen LogP contribution >= 0.6 is 11.8 Å². The lowest BCUT2D eigenvalue weighted by Gasteiger charge is -2.34. The summed E-state index contributed by atoms with van der Waals surface area (Å²) in [5, 5.41) is 2.29. The first-order valence-electron chi connectivity index (χ1n) is 6.82. The molecule has 0 aromatic carbocycles. The zero-order chi connectivity index (χ0) is 13.8. The maximum Gasteiger partial charge on any atom is 0.249 e. The molecule has 2 fully saturated rings. The smallest absolute Gasteiger partial charge is 0.249 e. The highest BCUT2D eigenvalue weighted by Gasteiger charge is 2.36. The predicted octanol–water partition coefficient (Wildman–Crippen LogP) is 0.783. The van der Waals surface area contributed by atoms with Gasteiger partial charge in [0.1, 0.15) is 12.6 Å². The maximum absolute atomic E-state index is 12.3. The molecule has 5 nitrogen and oxygen atoms in total. The van der Waals surface area contributed by atoms with Gasteiger partial charge in [-0.25, -0.2) is 0 Å². The van der Waals surface area contributed by atoms with Gasteiger partial charge in [0.25, 0.3) is 0 Å². The van der Waals surface area contributed by atoms with E-state index in [2.05, 4.69) is 5.32 Å². The number of hydrogen-bond acceptors (Lipinski definition) is 4. The first-order chi connectivity index (χ1) is 9.11. The summed E-state index contributed by atoms with van der Waals surface area (Å²) in [6, 6.07) is -0.483. The van der Waals surface area contributed by atoms with E-state index in [0.29, 0.717) is 18.8 Å². The Morgan fingerprint density at radius 1 is 1.37 bits per heavy atom. The number of nitrogens with one attached hydrogen (secondary N) is 1. The summed E-state index contributed by atoms with van der Waals surface area (Å²) < 4.78 is 0. The molecule has 3 amide bonds. The Kier molecular flexibility index (Phi) is 4.85. The number of hydrogen-bond donors (Lipinski definition) is 1. The lowest BCUT2D eigenvalue weighted by molar-refractivity contribution is -0.150. The zero-order valence-corrected chi connectivity index (χ0v) is 12.0. The Morgan fingerprint density at radius 2 is 2.05 bits per heavy atom. The van der Waals surface area contributed by atoms with E-state index in [4.69, 9.17) is 0 Å². The van der Waals surface area contributed by atoms with Crippen molar-refractivity contribution >= 4 is 29.5 Å². The first kappa shape index (κ1) is 14.4. The number of amides is 3. The molecule has 0 spiro atoms. The van der Waals surface area contributed by atoms with Gasteiger partial charge in [-0.2, -0.15) is 11.8 Å². The Labute approximate surface area is 117 Å². The number of nitrogens with zero attached hydrogens (tertiary/aromatic N) is 1. The molecule has 106 valence electrons. The number of piperazine rings is 1. The molecule has 2 rings (SSSR count). The molecule has 0 aromatic heterocycles. The van der Waals surface area contributed by atoms with Gasteiger partial charge in [0.05, 0.1) is 0 Å². The van der Waals surface area contributed by atoms with Crippen molar-refractivity contribution in [1.82, 2.24) is 10.2 Å². The molecule has 19 heavy (non-hydrogen) atoms. The average Bonchev–Trinajstić information content (AvgIpc) is 2.39. The number of carbonyl (C=O) groups is 3. The van der Waals surface area contributed by atoms with Crippen LogP contribution in [0.4, 0.5) is 0 Å². The van der Waals surface area contributed by atoms with Gasteiger partial charge in [-0.1, -0.05) is 6.92 Å². The molecule has 0 saturated carbocycles. The van der Waals surface area contributed by atoms with Gasteiger partial charge in [-0.15, -0.1) is 0 Å². The summed E-state index contributed by atoms with van der Waals surface area (Å²) in [6.07, 6.45) is 3.13. The van der Waals surface area contributed by atoms with Gasteiger partial charge in [0, 0.05) is 6.42 Å². The topological polar surface area (TPSA) is 66.5 Å². The summed E-state index contributed by atoms with van der Waals surface area (Å²) >= 11 is 1.92. The zero-order valence-electron chi connectivity index (χ0n) is 11.2. The van der Waals surface area contributed by atoms with Crippen LogP contribution in [-0.4, -0.2) is 46.7 Å². The summed E-state index contributed by atoms with van der Waals surface area (Å²) in [5.41, 5.74) is 0. The minimum atomic E-state index is -0.483. The lowest BCUT2D eigenvalue weighted by Crippen LogP contribution is -2.59. The molecule has 0 radical (unpaired) electrons. The summed E-state index contributed by atoms with van der Waals surface area (Å²) in [5.74, 6) is 1.86. The van der Waals surface area contributed by atoms with E-state index in [0.717, 1.165) is 24.3 Å². The van der Waals surface area contributed by atoms with E-state index in [1.807, 2.05) is 18.7 Å². The number of thioether (sulfide) groups is 1. The van der Waals surface area contributed by atoms with E-state index in [1.165, 1.54) is 4.90 Å². The highest BCUT2D eigenvalue weighted by atomic mass is 32.2. The molecular formula is C13H20N2O3S. The third-order valence-corrected chi connectivity index (χ3v) is 4.82. The van der Waals surface area contributed by atoms with Crippen LogP contribution in [0.15, 0.2) is 0 Å². The second kappa shape index (κ2) is 6.41. The molecule has 0 aromatic rings. The van der Waals surface area contributed by atoms with Crippen LogP contribution in [0.5, 0.6) is 0 Å². The molecule has 1 atom stereocenters. The second-order valence-corrected chi connectivity index (χ2v) is 6.34. The molecule has 2 aliphatic heterocycles. The Hall–Kier alpha value is -1.04. The van der Waals surface area contributed by atoms with Gasteiger partial charge in [-0.05, 0) is 36.7 Å². The fourth-order valence-corrected chi connectivity index (χ4v) is 3.85. The van der Waals surface area contributed by atoms with E-state index < -0.39 is 6.04 Å². The van der Waals surface area contributed by atoms with Crippen LogP contribution < -0.4 is 5.32 Å². The monoisotopic (exact) mass is 284 g/mol. The quantitative estimate of drug-likeness (QED) is 0.778. The number of rotatable bonds is 3. The molecule has 0 aliphatic carbocycles. The van der Waals surface area contributed by atoms with Gasteiger partial charge in [0.15, 0.2) is 0 Å². The van der Waals surface area contributed by atoms with Crippen LogP contribution in [0.1, 0.15) is 32.6 Å². The minimum Gasteiger partial charge on any atom is -0.321 e. The fourth-order valence-electron chi connectivity index (χ4n) is 2.65. The molecule has 1 unspecified atom stereocenters. The third kappa shape index (κ3) is 3.49. The molecule has 0 bridgehead atoms. The summed E-state index contributed by atoms with van der Waals surface area (Å²) in [6.45, 7) is 1.88. The molecule has 2 saturated heterocycles. The van der Waals surface area contributed by atoms with Crippen molar-refractivity contribution in [3.8, 4) is 0 Å². The highest BCUT2D eigenvalue weighted by molar-refractivity contribution is 7.99. The fraction of sp³-hybridized carbons (Fsp3) is 0.769. The maximum atomic E-state index is 12.3. The Balaban J connectivity index is 1.98. The van der Waals surface area contributed by atoms with Gasteiger partial charge >= 0.3 is 0 Å².